The molecule has 0 unspecified atom stereocenters. The van der Waals surface area contributed by atoms with E-state index in [0.29, 0.717) is 5.88 Å². The van der Waals surface area contributed by atoms with Crippen LogP contribution in [0, 0.1) is 13.0 Å². The molecule has 0 atom stereocenters. The average Bonchev–Trinajstić information content (AvgIpc) is 1.88. The number of alkyl halides is 1. The highest BCUT2D eigenvalue weighted by atomic mass is 35.5. The van der Waals surface area contributed by atoms with Crippen LogP contribution in [0.3, 0.4) is 0 Å². The summed E-state index contributed by atoms with van der Waals surface area (Å²) in [5.74, 6) is 0.446. The van der Waals surface area contributed by atoms with Crippen molar-refractivity contribution in [3.8, 4) is 0 Å². The van der Waals surface area contributed by atoms with Crippen LogP contribution >= 0.6 is 11.6 Å². The van der Waals surface area contributed by atoms with Crippen LogP contribution in [0.25, 0.3) is 0 Å². The van der Waals surface area contributed by atoms with Gasteiger partial charge in [-0.3, -0.25) is 4.98 Å². The Bertz CT molecular complexity index is 198. The molecule has 0 aliphatic heterocycles. The summed E-state index contributed by atoms with van der Waals surface area (Å²) in [4.78, 5) is 4.10. The van der Waals surface area contributed by atoms with Gasteiger partial charge in [-0.1, -0.05) is 6.07 Å². The Labute approximate surface area is 59.7 Å². The lowest BCUT2D eigenvalue weighted by atomic mass is 10.3. The standard InChI is InChI=1S/C7H7ClN/c1-6-3-2-4-7(5-8)9-6/h2-3H,5H2,1H3. The van der Waals surface area contributed by atoms with Crippen molar-refractivity contribution in [1.29, 1.82) is 0 Å². The Morgan fingerprint density at radius 1 is 1.78 bits per heavy atom. The zero-order valence-corrected chi connectivity index (χ0v) is 5.94. The Balaban J connectivity index is 2.94. The molecule has 0 saturated heterocycles. The topological polar surface area (TPSA) is 12.9 Å². The van der Waals surface area contributed by atoms with Crippen molar-refractivity contribution < 1.29 is 0 Å². The van der Waals surface area contributed by atoms with E-state index < -0.39 is 0 Å². The minimum absolute atomic E-state index is 0.446. The first-order valence-electron chi connectivity index (χ1n) is 2.73. The lowest BCUT2D eigenvalue weighted by Crippen LogP contribution is -1.86. The van der Waals surface area contributed by atoms with Gasteiger partial charge in [-0.15, -0.1) is 11.6 Å². The number of hydrogen-bond donors (Lipinski definition) is 0. The van der Waals surface area contributed by atoms with Crippen molar-refractivity contribution in [2.24, 2.45) is 0 Å². The van der Waals surface area contributed by atoms with Crippen LogP contribution in [0.1, 0.15) is 11.4 Å². The highest BCUT2D eigenvalue weighted by Gasteiger charge is 1.89. The van der Waals surface area contributed by atoms with E-state index in [9.17, 15) is 0 Å². The third-order valence-corrected chi connectivity index (χ3v) is 1.27. The highest BCUT2D eigenvalue weighted by molar-refractivity contribution is 6.16. The summed E-state index contributed by atoms with van der Waals surface area (Å²) < 4.78 is 0. The van der Waals surface area contributed by atoms with E-state index in [1.165, 1.54) is 0 Å². The second-order valence-corrected chi connectivity index (χ2v) is 2.08. The molecule has 1 heterocycles. The van der Waals surface area contributed by atoms with Gasteiger partial charge in [0.2, 0.25) is 0 Å². The zero-order chi connectivity index (χ0) is 6.69. The van der Waals surface area contributed by atoms with Crippen molar-refractivity contribution in [2.75, 3.05) is 0 Å². The minimum Gasteiger partial charge on any atom is -0.256 e. The van der Waals surface area contributed by atoms with Crippen molar-refractivity contribution in [3.63, 3.8) is 0 Å². The first-order valence-corrected chi connectivity index (χ1v) is 3.26. The van der Waals surface area contributed by atoms with Gasteiger partial charge >= 0.3 is 0 Å². The molecule has 1 rings (SSSR count). The van der Waals surface area contributed by atoms with E-state index in [4.69, 9.17) is 11.6 Å². The van der Waals surface area contributed by atoms with Crippen molar-refractivity contribution in [2.45, 2.75) is 12.8 Å². The predicted octanol–water partition coefficient (Wildman–Crippen LogP) is 1.93. The number of pyridine rings is 1. The Morgan fingerprint density at radius 3 is 3.00 bits per heavy atom. The van der Waals surface area contributed by atoms with E-state index >= 15 is 0 Å². The van der Waals surface area contributed by atoms with Crippen LogP contribution in [0.4, 0.5) is 0 Å². The average molecular weight is 141 g/mol. The highest BCUT2D eigenvalue weighted by Crippen LogP contribution is 1.99. The van der Waals surface area contributed by atoms with E-state index in [1.54, 1.807) is 0 Å². The fourth-order valence-corrected chi connectivity index (χ4v) is 0.746. The van der Waals surface area contributed by atoms with Crippen LogP contribution in [-0.4, -0.2) is 4.98 Å². The van der Waals surface area contributed by atoms with Gasteiger partial charge in [0.05, 0.1) is 11.6 Å². The largest absolute Gasteiger partial charge is 0.256 e. The monoisotopic (exact) mass is 140 g/mol. The van der Waals surface area contributed by atoms with Gasteiger partial charge in [-0.25, -0.2) is 0 Å². The van der Waals surface area contributed by atoms with Crippen LogP contribution in [0.15, 0.2) is 12.1 Å². The molecule has 1 aromatic heterocycles. The zero-order valence-electron chi connectivity index (χ0n) is 5.19. The molecule has 9 heavy (non-hydrogen) atoms. The fourth-order valence-electron chi connectivity index (χ4n) is 0.609. The smallest absolute Gasteiger partial charge is 0.0653 e. The number of nitrogens with zero attached hydrogens (tertiary/aromatic N) is 1. The summed E-state index contributed by atoms with van der Waals surface area (Å²) in [6.07, 6.45) is 0. The van der Waals surface area contributed by atoms with Gasteiger partial charge in [-0.05, 0) is 13.0 Å². The molecule has 1 radical (unpaired) electrons. The molecule has 0 aromatic carbocycles. The molecule has 0 aliphatic rings. The third kappa shape index (κ3) is 1.68. The number of aryl methyl sites for hydroxylation is 1. The van der Waals surface area contributed by atoms with E-state index in [2.05, 4.69) is 11.1 Å². The maximum Gasteiger partial charge on any atom is 0.0653 e. The van der Waals surface area contributed by atoms with Gasteiger partial charge in [0.15, 0.2) is 0 Å². The SMILES string of the molecule is Cc1cc[c]c(CCl)n1. The van der Waals surface area contributed by atoms with E-state index in [1.807, 2.05) is 19.1 Å². The quantitative estimate of drug-likeness (QED) is 0.544. The van der Waals surface area contributed by atoms with E-state index in [0.717, 1.165) is 11.4 Å². The Hall–Kier alpha value is -0.560. The van der Waals surface area contributed by atoms with Crippen molar-refractivity contribution in [1.82, 2.24) is 4.98 Å². The number of hydrogen-bond acceptors (Lipinski definition) is 1. The minimum atomic E-state index is 0.446. The Kier molecular flexibility index (Phi) is 2.06. The number of aromatic nitrogens is 1. The normalized spacial score (nSPS) is 9.56. The molecule has 0 amide bonds. The van der Waals surface area contributed by atoms with E-state index in [-0.39, 0.29) is 0 Å². The van der Waals surface area contributed by atoms with Crippen LogP contribution in [0.5, 0.6) is 0 Å². The molecule has 47 valence electrons. The number of halogens is 1. The molecule has 0 fully saturated rings. The van der Waals surface area contributed by atoms with Crippen LogP contribution in [0.2, 0.25) is 0 Å². The molecule has 1 aromatic rings. The number of rotatable bonds is 1. The second kappa shape index (κ2) is 2.83. The molecular formula is C7H7ClN. The van der Waals surface area contributed by atoms with Crippen LogP contribution in [-0.2, 0) is 5.88 Å². The summed E-state index contributed by atoms with van der Waals surface area (Å²) in [6, 6.07) is 6.65. The van der Waals surface area contributed by atoms with Gasteiger partial charge in [0, 0.05) is 11.8 Å². The summed E-state index contributed by atoms with van der Waals surface area (Å²) in [7, 11) is 0. The molecule has 0 bridgehead atoms. The van der Waals surface area contributed by atoms with Gasteiger partial charge in [-0.2, -0.15) is 0 Å². The summed E-state index contributed by atoms with van der Waals surface area (Å²) in [5, 5.41) is 0. The maximum atomic E-state index is 5.51. The molecule has 0 N–H and O–H groups in total. The van der Waals surface area contributed by atoms with Gasteiger partial charge < -0.3 is 0 Å². The molecule has 0 aliphatic carbocycles. The first kappa shape index (κ1) is 6.56. The van der Waals surface area contributed by atoms with Gasteiger partial charge in [0.25, 0.3) is 0 Å². The van der Waals surface area contributed by atoms with Gasteiger partial charge in [0.1, 0.15) is 0 Å². The lowest BCUT2D eigenvalue weighted by molar-refractivity contribution is 1.10. The van der Waals surface area contributed by atoms with Crippen molar-refractivity contribution in [3.05, 3.63) is 29.6 Å². The summed E-state index contributed by atoms with van der Waals surface area (Å²) in [5.41, 5.74) is 1.81. The second-order valence-electron chi connectivity index (χ2n) is 1.81. The predicted molar refractivity (Wildman–Crippen MR) is 37.4 cm³/mol. The first-order chi connectivity index (χ1) is 4.33. The fraction of sp³-hybridized carbons (Fsp3) is 0.286. The summed E-state index contributed by atoms with van der Waals surface area (Å²) in [6.45, 7) is 1.93. The molecule has 1 nitrogen and oxygen atoms in total. The molecule has 0 saturated carbocycles. The lowest BCUT2D eigenvalue weighted by Gasteiger charge is -1.92. The molecule has 2 heteroatoms. The van der Waals surface area contributed by atoms with Crippen molar-refractivity contribution >= 4 is 11.6 Å². The third-order valence-electron chi connectivity index (χ3n) is 1.01. The summed E-state index contributed by atoms with van der Waals surface area (Å²) >= 11 is 5.51. The molecular weight excluding hydrogens is 134 g/mol. The van der Waals surface area contributed by atoms with Crippen LogP contribution < -0.4 is 0 Å². The Morgan fingerprint density at radius 2 is 2.56 bits per heavy atom. The molecule has 0 spiro atoms. The maximum absolute atomic E-state index is 5.51.